The van der Waals surface area contributed by atoms with Crippen LogP contribution in [0, 0.1) is 0 Å². The van der Waals surface area contributed by atoms with Crippen molar-refractivity contribution in [2.24, 2.45) is 7.05 Å². The fraction of sp³-hybridized carbons (Fsp3) is 0.400. The Morgan fingerprint density at radius 2 is 1.93 bits per heavy atom. The number of amides is 1. The Labute approximate surface area is 178 Å². The van der Waals surface area contributed by atoms with Crippen molar-refractivity contribution in [1.82, 2.24) is 9.88 Å². The molecule has 0 unspecified atom stereocenters. The van der Waals surface area contributed by atoms with Crippen LogP contribution in [0.1, 0.15) is 56.1 Å². The lowest BCUT2D eigenvalue weighted by Gasteiger charge is -2.18. The average molecular weight is 407 g/mol. The van der Waals surface area contributed by atoms with Gasteiger partial charge < -0.3 is 19.4 Å². The number of ether oxygens (including phenoxy) is 2. The number of aromatic nitrogens is 1. The number of benzene rings is 2. The van der Waals surface area contributed by atoms with Crippen LogP contribution in [-0.2, 0) is 11.8 Å². The topological polar surface area (TPSA) is 52.5 Å². The zero-order valence-corrected chi connectivity index (χ0v) is 17.8. The third kappa shape index (κ3) is 4.30. The third-order valence-electron chi connectivity index (χ3n) is 5.84. The summed E-state index contributed by atoms with van der Waals surface area (Å²) in [5.74, 6) is 1.54. The van der Waals surface area contributed by atoms with Crippen LogP contribution in [0.25, 0.3) is 10.9 Å². The Morgan fingerprint density at radius 3 is 2.80 bits per heavy atom. The van der Waals surface area contributed by atoms with Gasteiger partial charge in [-0.3, -0.25) is 4.79 Å². The van der Waals surface area contributed by atoms with Crippen LogP contribution < -0.4 is 14.8 Å². The van der Waals surface area contributed by atoms with E-state index in [1.54, 1.807) is 0 Å². The number of hydrogen-bond donors (Lipinski definition) is 1. The predicted octanol–water partition coefficient (Wildman–Crippen LogP) is 5.13. The second kappa shape index (κ2) is 9.24. The van der Waals surface area contributed by atoms with Crippen molar-refractivity contribution >= 4 is 16.8 Å². The molecule has 1 N–H and O–H groups in total. The highest BCUT2D eigenvalue weighted by atomic mass is 16.7. The lowest BCUT2D eigenvalue weighted by molar-refractivity contribution is -0.121. The van der Waals surface area contributed by atoms with Crippen LogP contribution in [0.5, 0.6) is 11.5 Å². The maximum Gasteiger partial charge on any atom is 0.231 e. The van der Waals surface area contributed by atoms with E-state index in [0.29, 0.717) is 6.42 Å². The van der Waals surface area contributed by atoms with Crippen LogP contribution >= 0.6 is 0 Å². The maximum absolute atomic E-state index is 12.8. The summed E-state index contributed by atoms with van der Waals surface area (Å²) < 4.78 is 13.2. The summed E-state index contributed by atoms with van der Waals surface area (Å²) in [7, 11) is 2.05. The number of nitrogens with one attached hydrogen (secondary N) is 1. The first-order valence-corrected chi connectivity index (χ1v) is 10.9. The molecular formula is C25H30N2O3. The van der Waals surface area contributed by atoms with E-state index in [9.17, 15) is 4.79 Å². The predicted molar refractivity (Wildman–Crippen MR) is 119 cm³/mol. The van der Waals surface area contributed by atoms with Gasteiger partial charge >= 0.3 is 0 Å². The fourth-order valence-electron chi connectivity index (χ4n) is 4.23. The normalized spacial score (nSPS) is 13.5. The number of carbonyl (C=O) groups excluding carboxylic acids is 1. The van der Waals surface area contributed by atoms with Gasteiger partial charge in [0.2, 0.25) is 12.7 Å². The number of unbranched alkanes of at least 4 members (excludes halogenated alkanes) is 3. The van der Waals surface area contributed by atoms with Crippen LogP contribution in [0.4, 0.5) is 0 Å². The zero-order chi connectivity index (χ0) is 20.9. The average Bonchev–Trinajstić information content (AvgIpc) is 3.36. The molecule has 0 fully saturated rings. The molecule has 0 aliphatic carbocycles. The van der Waals surface area contributed by atoms with Crippen molar-refractivity contribution in [3.05, 3.63) is 59.8 Å². The standard InChI is InChI=1S/C25H30N2O3/c1-3-4-5-8-13-26-25(28)15-20(18-11-12-23-24(14-18)30-17-29-23)21-16-27(2)22-10-7-6-9-19(21)22/h6-7,9-12,14,16,20H,3-5,8,13,15,17H2,1-2H3,(H,26,28)/t20-/m0/s1. The monoisotopic (exact) mass is 406 g/mol. The second-order valence-corrected chi connectivity index (χ2v) is 7.99. The number of nitrogens with zero attached hydrogens (tertiary/aromatic N) is 1. The molecule has 3 aromatic rings. The molecule has 30 heavy (non-hydrogen) atoms. The summed E-state index contributed by atoms with van der Waals surface area (Å²) in [4.78, 5) is 12.8. The Bertz CT molecular complexity index is 1020. The van der Waals surface area contributed by atoms with Crippen LogP contribution in [0.2, 0.25) is 0 Å². The molecule has 1 amide bonds. The number of hydrogen-bond acceptors (Lipinski definition) is 3. The third-order valence-corrected chi connectivity index (χ3v) is 5.84. The minimum Gasteiger partial charge on any atom is -0.454 e. The van der Waals surface area contributed by atoms with Gasteiger partial charge in [-0.15, -0.1) is 0 Å². The smallest absolute Gasteiger partial charge is 0.231 e. The van der Waals surface area contributed by atoms with Gasteiger partial charge in [0, 0.05) is 43.0 Å². The van der Waals surface area contributed by atoms with Crippen molar-refractivity contribution in [2.75, 3.05) is 13.3 Å². The number of carbonyl (C=O) groups is 1. The van der Waals surface area contributed by atoms with Gasteiger partial charge in [0.05, 0.1) is 0 Å². The molecule has 1 aromatic heterocycles. The highest BCUT2D eigenvalue weighted by Gasteiger charge is 2.24. The molecule has 0 spiro atoms. The van der Waals surface area contributed by atoms with Gasteiger partial charge in [0.25, 0.3) is 0 Å². The van der Waals surface area contributed by atoms with Gasteiger partial charge in [-0.25, -0.2) is 0 Å². The molecule has 0 bridgehead atoms. The van der Waals surface area contributed by atoms with Crippen molar-refractivity contribution in [1.29, 1.82) is 0 Å². The first-order valence-electron chi connectivity index (χ1n) is 10.9. The van der Waals surface area contributed by atoms with Crippen molar-refractivity contribution in [3.63, 3.8) is 0 Å². The molecule has 2 aromatic carbocycles. The van der Waals surface area contributed by atoms with Gasteiger partial charge in [-0.2, -0.15) is 0 Å². The highest BCUT2D eigenvalue weighted by Crippen LogP contribution is 2.39. The molecule has 158 valence electrons. The lowest BCUT2D eigenvalue weighted by atomic mass is 9.87. The first-order chi connectivity index (χ1) is 14.7. The summed E-state index contributed by atoms with van der Waals surface area (Å²) in [6, 6.07) is 14.4. The minimum absolute atomic E-state index is 0.0544. The number of aryl methyl sites for hydroxylation is 1. The van der Waals surface area contributed by atoms with Crippen molar-refractivity contribution in [2.45, 2.75) is 44.9 Å². The highest BCUT2D eigenvalue weighted by molar-refractivity contribution is 5.86. The SMILES string of the molecule is CCCCCCNC(=O)C[C@@H](c1ccc2c(c1)OCO2)c1cn(C)c2ccccc12. The van der Waals surface area contributed by atoms with Gasteiger partial charge in [-0.1, -0.05) is 50.5 Å². The molecule has 1 atom stereocenters. The second-order valence-electron chi connectivity index (χ2n) is 7.99. The summed E-state index contributed by atoms with van der Waals surface area (Å²) >= 11 is 0. The van der Waals surface area contributed by atoms with Crippen molar-refractivity contribution < 1.29 is 14.3 Å². The zero-order valence-electron chi connectivity index (χ0n) is 17.8. The van der Waals surface area contributed by atoms with E-state index in [1.165, 1.54) is 23.7 Å². The van der Waals surface area contributed by atoms with Crippen LogP contribution in [0.15, 0.2) is 48.7 Å². The Balaban J connectivity index is 1.61. The summed E-state index contributed by atoms with van der Waals surface area (Å²) in [5, 5.41) is 4.30. The molecule has 1 aliphatic rings. The van der Waals surface area contributed by atoms with Gasteiger partial charge in [0.15, 0.2) is 11.5 Å². The number of para-hydroxylation sites is 1. The summed E-state index contributed by atoms with van der Waals surface area (Å²) in [6.07, 6.45) is 7.15. The van der Waals surface area contributed by atoms with Crippen LogP contribution in [-0.4, -0.2) is 23.8 Å². The Kier molecular flexibility index (Phi) is 6.26. The van der Waals surface area contributed by atoms with Gasteiger partial charge in [0.1, 0.15) is 0 Å². The fourth-order valence-corrected chi connectivity index (χ4v) is 4.23. The lowest BCUT2D eigenvalue weighted by Crippen LogP contribution is -2.26. The van der Waals surface area contributed by atoms with E-state index >= 15 is 0 Å². The van der Waals surface area contributed by atoms with E-state index in [0.717, 1.165) is 42.0 Å². The largest absolute Gasteiger partial charge is 0.454 e. The molecule has 0 saturated heterocycles. The minimum atomic E-state index is -0.0544. The van der Waals surface area contributed by atoms with Crippen LogP contribution in [0.3, 0.4) is 0 Å². The molecule has 0 saturated carbocycles. The molecule has 5 heteroatoms. The van der Waals surface area contributed by atoms with E-state index in [1.807, 2.05) is 18.2 Å². The molecule has 1 aliphatic heterocycles. The van der Waals surface area contributed by atoms with E-state index in [2.05, 4.69) is 54.3 Å². The molecule has 0 radical (unpaired) electrons. The Hall–Kier alpha value is -2.95. The molecule has 5 nitrogen and oxygen atoms in total. The summed E-state index contributed by atoms with van der Waals surface area (Å²) in [5.41, 5.74) is 3.39. The first kappa shape index (κ1) is 20.3. The van der Waals surface area contributed by atoms with E-state index < -0.39 is 0 Å². The van der Waals surface area contributed by atoms with E-state index in [-0.39, 0.29) is 18.6 Å². The molecule has 4 rings (SSSR count). The van der Waals surface area contributed by atoms with Crippen molar-refractivity contribution in [3.8, 4) is 11.5 Å². The quantitative estimate of drug-likeness (QED) is 0.502. The number of rotatable bonds is 9. The maximum atomic E-state index is 12.8. The number of fused-ring (bicyclic) bond motifs is 2. The summed E-state index contributed by atoms with van der Waals surface area (Å²) in [6.45, 7) is 3.18. The van der Waals surface area contributed by atoms with E-state index in [4.69, 9.17) is 9.47 Å². The van der Waals surface area contributed by atoms with Gasteiger partial charge in [-0.05, 0) is 35.7 Å². The Morgan fingerprint density at radius 1 is 1.10 bits per heavy atom. The molecule has 2 heterocycles. The molecular weight excluding hydrogens is 376 g/mol.